The van der Waals surface area contributed by atoms with Gasteiger partial charge < -0.3 is 5.32 Å². The van der Waals surface area contributed by atoms with Crippen LogP contribution in [0.5, 0.6) is 0 Å². The second kappa shape index (κ2) is 5.32. The van der Waals surface area contributed by atoms with E-state index >= 15 is 0 Å². The lowest BCUT2D eigenvalue weighted by molar-refractivity contribution is 0.836. The smallest absolute Gasteiger partial charge is 0.115 e. The Morgan fingerprint density at radius 3 is 2.59 bits per heavy atom. The second-order valence-electron chi connectivity index (χ2n) is 4.48. The lowest BCUT2D eigenvalue weighted by Crippen LogP contribution is -2.08. The molecule has 1 aromatic heterocycles. The van der Waals surface area contributed by atoms with Crippen molar-refractivity contribution >= 4 is 17.0 Å². The highest BCUT2D eigenvalue weighted by Crippen LogP contribution is 2.27. The van der Waals surface area contributed by atoms with E-state index in [1.54, 1.807) is 11.3 Å². The number of nitrogens with one attached hydrogen (secondary N) is 1. The monoisotopic (exact) mass is 246 g/mol. The molecule has 1 heterocycles. The number of hydrogen-bond acceptors (Lipinski definition) is 3. The van der Waals surface area contributed by atoms with Crippen LogP contribution in [-0.4, -0.2) is 4.98 Å². The zero-order chi connectivity index (χ0) is 12.3. The van der Waals surface area contributed by atoms with Gasteiger partial charge in [0.2, 0.25) is 0 Å². The zero-order valence-corrected chi connectivity index (χ0v) is 11.3. The van der Waals surface area contributed by atoms with E-state index in [1.807, 2.05) is 11.6 Å². The summed E-state index contributed by atoms with van der Waals surface area (Å²) in [5, 5.41) is 6.69. The van der Waals surface area contributed by atoms with Gasteiger partial charge >= 0.3 is 0 Å². The van der Waals surface area contributed by atoms with Crippen LogP contribution in [0.3, 0.4) is 0 Å². The quantitative estimate of drug-likeness (QED) is 0.862. The molecule has 0 radical (unpaired) electrons. The number of benzene rings is 1. The standard InChI is InChI=1S/C14H18N2S/c1-10(2)12-6-4-5-7-13(12)16-11(3)14-15-8-9-17-14/h4-11,16H,1-3H3. The molecular weight excluding hydrogens is 228 g/mol. The molecule has 0 saturated carbocycles. The third-order valence-corrected chi connectivity index (χ3v) is 3.73. The first-order valence-electron chi connectivity index (χ1n) is 5.93. The van der Waals surface area contributed by atoms with Crippen molar-refractivity contribution in [3.05, 3.63) is 46.4 Å². The van der Waals surface area contributed by atoms with Gasteiger partial charge in [-0.05, 0) is 24.5 Å². The summed E-state index contributed by atoms with van der Waals surface area (Å²) in [6, 6.07) is 8.74. The van der Waals surface area contributed by atoms with Crippen molar-refractivity contribution in [2.75, 3.05) is 5.32 Å². The minimum atomic E-state index is 0.259. The van der Waals surface area contributed by atoms with Gasteiger partial charge in [0.25, 0.3) is 0 Å². The second-order valence-corrected chi connectivity index (χ2v) is 5.40. The van der Waals surface area contributed by atoms with Crippen LogP contribution in [0.1, 0.15) is 43.3 Å². The average Bonchev–Trinajstić information content (AvgIpc) is 2.83. The van der Waals surface area contributed by atoms with Gasteiger partial charge in [0.1, 0.15) is 5.01 Å². The molecule has 0 fully saturated rings. The first kappa shape index (κ1) is 12.1. The van der Waals surface area contributed by atoms with Crippen LogP contribution in [0.25, 0.3) is 0 Å². The Bertz CT molecular complexity index is 463. The van der Waals surface area contributed by atoms with E-state index in [0.717, 1.165) is 5.01 Å². The Morgan fingerprint density at radius 2 is 1.94 bits per heavy atom. The molecule has 2 aromatic rings. The highest BCUT2D eigenvalue weighted by atomic mass is 32.1. The fourth-order valence-electron chi connectivity index (χ4n) is 1.88. The summed E-state index contributed by atoms with van der Waals surface area (Å²) in [7, 11) is 0. The highest BCUT2D eigenvalue weighted by Gasteiger charge is 2.11. The van der Waals surface area contributed by atoms with Crippen LogP contribution in [0.4, 0.5) is 5.69 Å². The Hall–Kier alpha value is -1.35. The molecule has 1 aromatic carbocycles. The van der Waals surface area contributed by atoms with Crippen molar-refractivity contribution in [2.45, 2.75) is 32.7 Å². The molecule has 1 N–H and O–H groups in total. The molecule has 0 aliphatic carbocycles. The molecule has 1 atom stereocenters. The maximum Gasteiger partial charge on any atom is 0.115 e. The number of rotatable bonds is 4. The number of thiazole rings is 1. The SMILES string of the molecule is CC(C)c1ccccc1NC(C)c1nccs1. The molecule has 1 unspecified atom stereocenters. The summed E-state index contributed by atoms with van der Waals surface area (Å²) in [6.07, 6.45) is 1.85. The van der Waals surface area contributed by atoms with Crippen LogP contribution in [0, 0.1) is 0 Å². The first-order valence-corrected chi connectivity index (χ1v) is 6.81. The van der Waals surface area contributed by atoms with Gasteiger partial charge in [0.05, 0.1) is 6.04 Å². The van der Waals surface area contributed by atoms with Crippen molar-refractivity contribution in [2.24, 2.45) is 0 Å². The highest BCUT2D eigenvalue weighted by molar-refractivity contribution is 7.09. The predicted octanol–water partition coefficient (Wildman–Crippen LogP) is 4.44. The lowest BCUT2D eigenvalue weighted by Gasteiger charge is -2.18. The predicted molar refractivity (Wildman–Crippen MR) is 74.7 cm³/mol. The lowest BCUT2D eigenvalue weighted by atomic mass is 10.0. The maximum absolute atomic E-state index is 4.34. The Labute approximate surface area is 107 Å². The summed E-state index contributed by atoms with van der Waals surface area (Å²) in [5.41, 5.74) is 2.57. The molecular formula is C14H18N2S. The molecule has 0 bridgehead atoms. The van der Waals surface area contributed by atoms with Gasteiger partial charge in [0.15, 0.2) is 0 Å². The van der Waals surface area contributed by atoms with Crippen molar-refractivity contribution in [3.63, 3.8) is 0 Å². The van der Waals surface area contributed by atoms with Crippen molar-refractivity contribution in [1.82, 2.24) is 4.98 Å². The van der Waals surface area contributed by atoms with E-state index < -0.39 is 0 Å². The number of para-hydroxylation sites is 1. The van der Waals surface area contributed by atoms with Crippen LogP contribution in [-0.2, 0) is 0 Å². The topological polar surface area (TPSA) is 24.9 Å². The third-order valence-electron chi connectivity index (χ3n) is 2.78. The summed E-state index contributed by atoms with van der Waals surface area (Å²) < 4.78 is 0. The molecule has 3 heteroatoms. The van der Waals surface area contributed by atoms with E-state index in [4.69, 9.17) is 0 Å². The average molecular weight is 246 g/mol. The van der Waals surface area contributed by atoms with E-state index in [9.17, 15) is 0 Å². The number of aromatic nitrogens is 1. The fraction of sp³-hybridized carbons (Fsp3) is 0.357. The van der Waals surface area contributed by atoms with Crippen molar-refractivity contribution < 1.29 is 0 Å². The zero-order valence-electron chi connectivity index (χ0n) is 10.5. The Balaban J connectivity index is 2.18. The molecule has 0 aliphatic heterocycles. The largest absolute Gasteiger partial charge is 0.376 e. The fourth-order valence-corrected chi connectivity index (χ4v) is 2.52. The third kappa shape index (κ3) is 2.86. The van der Waals surface area contributed by atoms with E-state index in [2.05, 4.69) is 55.3 Å². The van der Waals surface area contributed by atoms with Gasteiger partial charge in [0, 0.05) is 17.3 Å². The summed E-state index contributed by atoms with van der Waals surface area (Å²) in [4.78, 5) is 4.34. The van der Waals surface area contributed by atoms with Crippen LogP contribution < -0.4 is 5.32 Å². The number of hydrogen-bond donors (Lipinski definition) is 1. The minimum Gasteiger partial charge on any atom is -0.376 e. The molecule has 90 valence electrons. The van der Waals surface area contributed by atoms with Crippen molar-refractivity contribution in [1.29, 1.82) is 0 Å². The Kier molecular flexibility index (Phi) is 3.79. The van der Waals surface area contributed by atoms with Crippen molar-refractivity contribution in [3.8, 4) is 0 Å². The number of anilines is 1. The summed E-state index contributed by atoms with van der Waals surface area (Å²) >= 11 is 1.69. The number of nitrogens with zero attached hydrogens (tertiary/aromatic N) is 1. The Morgan fingerprint density at radius 1 is 1.18 bits per heavy atom. The maximum atomic E-state index is 4.34. The molecule has 0 aliphatic rings. The normalized spacial score (nSPS) is 12.7. The molecule has 0 spiro atoms. The van der Waals surface area contributed by atoms with Gasteiger partial charge in [-0.15, -0.1) is 11.3 Å². The van der Waals surface area contributed by atoms with Crippen LogP contribution >= 0.6 is 11.3 Å². The summed E-state index contributed by atoms with van der Waals surface area (Å²) in [5.74, 6) is 0.530. The van der Waals surface area contributed by atoms with Gasteiger partial charge in [-0.3, -0.25) is 0 Å². The van der Waals surface area contributed by atoms with Crippen LogP contribution in [0.15, 0.2) is 35.8 Å². The van der Waals surface area contributed by atoms with Gasteiger partial charge in [-0.1, -0.05) is 32.0 Å². The van der Waals surface area contributed by atoms with E-state index in [-0.39, 0.29) is 6.04 Å². The van der Waals surface area contributed by atoms with E-state index in [1.165, 1.54) is 11.3 Å². The molecule has 2 rings (SSSR count). The van der Waals surface area contributed by atoms with E-state index in [0.29, 0.717) is 5.92 Å². The van der Waals surface area contributed by atoms with Gasteiger partial charge in [-0.2, -0.15) is 0 Å². The molecule has 2 nitrogen and oxygen atoms in total. The minimum absolute atomic E-state index is 0.259. The summed E-state index contributed by atoms with van der Waals surface area (Å²) in [6.45, 7) is 6.58. The first-order chi connectivity index (χ1) is 8.18. The van der Waals surface area contributed by atoms with Gasteiger partial charge in [-0.25, -0.2) is 4.98 Å². The molecule has 17 heavy (non-hydrogen) atoms. The van der Waals surface area contributed by atoms with Crippen LogP contribution in [0.2, 0.25) is 0 Å². The molecule has 0 amide bonds. The molecule has 0 saturated heterocycles.